The van der Waals surface area contributed by atoms with Crippen LogP contribution in [0.3, 0.4) is 0 Å². The fourth-order valence-electron chi connectivity index (χ4n) is 3.09. The number of carbonyl (C=O) groups is 1. The fourth-order valence-corrected chi connectivity index (χ4v) is 3.82. The lowest BCUT2D eigenvalue weighted by Crippen LogP contribution is -2.49. The third-order valence-corrected chi connectivity index (χ3v) is 5.26. The number of nitrogens with one attached hydrogen (secondary N) is 1. The molecule has 0 spiro atoms. The molecule has 112 valence electrons. The number of nitrogens with zero attached hydrogens (tertiary/aromatic N) is 2. The molecule has 0 aliphatic heterocycles. The fraction of sp³-hybridized carbons (Fsp3) is 0.625. The molecule has 2 aliphatic rings. The average molecular weight is 303 g/mol. The van der Waals surface area contributed by atoms with E-state index in [1.807, 2.05) is 6.07 Å². The Hall–Kier alpha value is -1.38. The first-order valence-electron chi connectivity index (χ1n) is 7.69. The number of carbonyl (C=O) groups excluding carboxylic acids is 1. The quantitative estimate of drug-likeness (QED) is 0.879. The first-order valence-corrected chi connectivity index (χ1v) is 8.57. The topological polar surface area (TPSA) is 56.1 Å². The van der Waals surface area contributed by atoms with E-state index in [1.165, 1.54) is 17.7 Å². The maximum absolute atomic E-state index is 12.3. The van der Waals surface area contributed by atoms with Crippen molar-refractivity contribution < 1.29 is 4.79 Å². The van der Waals surface area contributed by atoms with Crippen molar-refractivity contribution in [3.05, 3.63) is 22.4 Å². The van der Waals surface area contributed by atoms with E-state index in [-0.39, 0.29) is 5.91 Å². The van der Waals surface area contributed by atoms with E-state index in [9.17, 15) is 10.1 Å². The van der Waals surface area contributed by atoms with Gasteiger partial charge in [0, 0.05) is 17.5 Å². The summed E-state index contributed by atoms with van der Waals surface area (Å²) in [5.74, 6) is 0.00176. The molecule has 3 rings (SSSR count). The third kappa shape index (κ3) is 3.63. The van der Waals surface area contributed by atoms with E-state index in [4.69, 9.17) is 0 Å². The molecule has 4 nitrogen and oxygen atoms in total. The number of nitriles is 1. The molecule has 5 heteroatoms. The minimum Gasteiger partial charge on any atom is -0.337 e. The highest BCUT2D eigenvalue weighted by Crippen LogP contribution is 2.30. The molecule has 21 heavy (non-hydrogen) atoms. The van der Waals surface area contributed by atoms with Gasteiger partial charge in [-0.2, -0.15) is 5.26 Å². The van der Waals surface area contributed by atoms with Crippen LogP contribution >= 0.6 is 11.3 Å². The van der Waals surface area contributed by atoms with Crippen LogP contribution in [0, 0.1) is 11.3 Å². The highest BCUT2D eigenvalue weighted by atomic mass is 32.1. The molecule has 0 aromatic carbocycles. The minimum atomic E-state index is -0.602. The second kappa shape index (κ2) is 6.17. The van der Waals surface area contributed by atoms with Crippen LogP contribution in [0.25, 0.3) is 0 Å². The zero-order valence-electron chi connectivity index (χ0n) is 12.2. The van der Waals surface area contributed by atoms with Gasteiger partial charge in [-0.1, -0.05) is 6.07 Å². The first-order chi connectivity index (χ1) is 10.2. The Morgan fingerprint density at radius 2 is 2.24 bits per heavy atom. The summed E-state index contributed by atoms with van der Waals surface area (Å²) in [4.78, 5) is 15.9. The number of hydrogen-bond acceptors (Lipinski definition) is 4. The molecule has 1 amide bonds. The van der Waals surface area contributed by atoms with Gasteiger partial charge in [-0.15, -0.1) is 11.3 Å². The van der Waals surface area contributed by atoms with Gasteiger partial charge in [-0.25, -0.2) is 0 Å². The van der Waals surface area contributed by atoms with Crippen molar-refractivity contribution in [1.82, 2.24) is 10.2 Å². The second-order valence-corrected chi connectivity index (χ2v) is 7.20. The standard InChI is InChI=1S/C16H21N3OS/c17-12-16(7-1-2-8-16)18-15(20)11-19(13-5-6-13)10-14-4-3-9-21-14/h3-4,9,13H,1-2,5-8,10-11H2,(H,18,20). The predicted molar refractivity (Wildman–Crippen MR) is 82.7 cm³/mol. The molecular formula is C16H21N3OS. The SMILES string of the molecule is N#CC1(NC(=O)CN(Cc2cccs2)C2CC2)CCCC1. The Balaban J connectivity index is 1.58. The van der Waals surface area contributed by atoms with Gasteiger partial charge < -0.3 is 5.32 Å². The van der Waals surface area contributed by atoms with E-state index in [0.29, 0.717) is 12.6 Å². The Morgan fingerprint density at radius 3 is 2.81 bits per heavy atom. The number of amides is 1. The van der Waals surface area contributed by atoms with Crippen molar-refractivity contribution in [1.29, 1.82) is 5.26 Å². The normalized spacial score (nSPS) is 20.4. The molecule has 0 radical (unpaired) electrons. The van der Waals surface area contributed by atoms with E-state index in [0.717, 1.165) is 32.2 Å². The third-order valence-electron chi connectivity index (χ3n) is 4.40. The molecule has 0 unspecified atom stereocenters. The van der Waals surface area contributed by atoms with Gasteiger partial charge in [0.25, 0.3) is 0 Å². The van der Waals surface area contributed by atoms with Crippen LogP contribution in [0.1, 0.15) is 43.4 Å². The molecule has 1 aromatic heterocycles. The van der Waals surface area contributed by atoms with Gasteiger partial charge in [0.15, 0.2) is 0 Å². The second-order valence-electron chi connectivity index (χ2n) is 6.16. The van der Waals surface area contributed by atoms with Crippen LogP contribution in [-0.4, -0.2) is 28.9 Å². The smallest absolute Gasteiger partial charge is 0.235 e. The van der Waals surface area contributed by atoms with Crippen LogP contribution in [0.4, 0.5) is 0 Å². The van der Waals surface area contributed by atoms with Gasteiger partial charge in [-0.3, -0.25) is 9.69 Å². The van der Waals surface area contributed by atoms with Crippen LogP contribution in [0.5, 0.6) is 0 Å². The van der Waals surface area contributed by atoms with Gasteiger partial charge >= 0.3 is 0 Å². The molecular weight excluding hydrogens is 282 g/mol. The molecule has 2 aliphatic carbocycles. The van der Waals surface area contributed by atoms with Crippen molar-refractivity contribution in [2.45, 2.75) is 56.7 Å². The van der Waals surface area contributed by atoms with Crippen molar-refractivity contribution in [3.8, 4) is 6.07 Å². The highest BCUT2D eigenvalue weighted by molar-refractivity contribution is 7.09. The summed E-state index contributed by atoms with van der Waals surface area (Å²) in [6, 6.07) is 7.03. The largest absolute Gasteiger partial charge is 0.337 e. The Labute approximate surface area is 129 Å². The van der Waals surface area contributed by atoms with Crippen LogP contribution in [0.2, 0.25) is 0 Å². The zero-order valence-corrected chi connectivity index (χ0v) is 13.0. The van der Waals surface area contributed by atoms with Crippen molar-refractivity contribution in [3.63, 3.8) is 0 Å². The van der Waals surface area contributed by atoms with Crippen molar-refractivity contribution in [2.75, 3.05) is 6.54 Å². The van der Waals surface area contributed by atoms with E-state index in [2.05, 4.69) is 27.7 Å². The van der Waals surface area contributed by atoms with Crippen molar-refractivity contribution in [2.24, 2.45) is 0 Å². The van der Waals surface area contributed by atoms with Crippen LogP contribution in [0.15, 0.2) is 17.5 Å². The molecule has 2 saturated carbocycles. The molecule has 1 heterocycles. The molecule has 0 atom stereocenters. The summed E-state index contributed by atoms with van der Waals surface area (Å²) in [7, 11) is 0. The van der Waals surface area contributed by atoms with Gasteiger partial charge in [0.1, 0.15) is 5.54 Å². The zero-order chi connectivity index (χ0) is 14.7. The summed E-state index contributed by atoms with van der Waals surface area (Å²) in [5, 5.41) is 14.4. The maximum Gasteiger partial charge on any atom is 0.235 e. The lowest BCUT2D eigenvalue weighted by molar-refractivity contribution is -0.123. The molecule has 1 aromatic rings. The highest BCUT2D eigenvalue weighted by Gasteiger charge is 2.37. The molecule has 0 bridgehead atoms. The van der Waals surface area contributed by atoms with Gasteiger partial charge in [0.05, 0.1) is 12.6 Å². The lowest BCUT2D eigenvalue weighted by Gasteiger charge is -2.26. The Kier molecular flexibility index (Phi) is 4.27. The molecule has 2 fully saturated rings. The predicted octanol–water partition coefficient (Wildman–Crippen LogP) is 2.67. The number of rotatable bonds is 6. The minimum absolute atomic E-state index is 0.00176. The Bertz CT molecular complexity index is 524. The maximum atomic E-state index is 12.3. The number of thiophene rings is 1. The summed E-state index contributed by atoms with van der Waals surface area (Å²) in [5.41, 5.74) is -0.602. The summed E-state index contributed by atoms with van der Waals surface area (Å²) < 4.78 is 0. The Morgan fingerprint density at radius 1 is 1.48 bits per heavy atom. The van der Waals surface area contributed by atoms with Gasteiger partial charge in [-0.05, 0) is 50.0 Å². The lowest BCUT2D eigenvalue weighted by atomic mass is 10.00. The van der Waals surface area contributed by atoms with Crippen LogP contribution < -0.4 is 5.32 Å². The van der Waals surface area contributed by atoms with E-state index < -0.39 is 5.54 Å². The summed E-state index contributed by atoms with van der Waals surface area (Å²) in [6.45, 7) is 1.25. The number of hydrogen-bond donors (Lipinski definition) is 1. The van der Waals surface area contributed by atoms with Crippen LogP contribution in [-0.2, 0) is 11.3 Å². The van der Waals surface area contributed by atoms with E-state index >= 15 is 0 Å². The average Bonchev–Trinajstić information content (AvgIpc) is 3.00. The monoisotopic (exact) mass is 303 g/mol. The molecule has 1 N–H and O–H groups in total. The van der Waals surface area contributed by atoms with Gasteiger partial charge in [0.2, 0.25) is 5.91 Å². The summed E-state index contributed by atoms with van der Waals surface area (Å²) >= 11 is 1.73. The molecule has 0 saturated heterocycles. The summed E-state index contributed by atoms with van der Waals surface area (Å²) in [6.07, 6.45) is 6.03. The van der Waals surface area contributed by atoms with Crippen molar-refractivity contribution >= 4 is 17.2 Å². The first kappa shape index (κ1) is 14.6. The van der Waals surface area contributed by atoms with E-state index in [1.54, 1.807) is 11.3 Å².